The Balaban J connectivity index is 2.88. The van der Waals surface area contributed by atoms with Crippen LogP contribution in [0.5, 0.6) is 5.75 Å². The normalized spacial score (nSPS) is 10.1. The quantitative estimate of drug-likeness (QED) is 0.867. The summed E-state index contributed by atoms with van der Waals surface area (Å²) < 4.78 is 0. The monoisotopic (exact) mass is 246 g/mol. The fourth-order valence-electron chi connectivity index (χ4n) is 1.73. The third kappa shape index (κ3) is 3.77. The standard InChI is InChI=1S/C14H18N2O2/c1-11(2)10-16(9-5-8-15)14(18)12-6-3-4-7-13(12)17/h3-4,6-7,11,17H,5,9-10H2,1-2H3. The van der Waals surface area contributed by atoms with Gasteiger partial charge in [-0.3, -0.25) is 4.79 Å². The van der Waals surface area contributed by atoms with Crippen molar-refractivity contribution in [3.05, 3.63) is 29.8 Å². The number of benzene rings is 1. The van der Waals surface area contributed by atoms with E-state index in [1.807, 2.05) is 19.9 Å². The first kappa shape index (κ1) is 14.0. The van der Waals surface area contributed by atoms with Crippen LogP contribution < -0.4 is 0 Å². The Kier molecular flexibility index (Phi) is 5.19. The van der Waals surface area contributed by atoms with Crippen LogP contribution in [-0.4, -0.2) is 29.0 Å². The van der Waals surface area contributed by atoms with Crippen molar-refractivity contribution in [2.24, 2.45) is 5.92 Å². The molecule has 0 radical (unpaired) electrons. The number of phenols is 1. The summed E-state index contributed by atoms with van der Waals surface area (Å²) in [5, 5.41) is 18.3. The van der Waals surface area contributed by atoms with Gasteiger partial charge in [0.05, 0.1) is 18.1 Å². The smallest absolute Gasteiger partial charge is 0.257 e. The number of para-hydroxylation sites is 1. The minimum atomic E-state index is -0.225. The van der Waals surface area contributed by atoms with Crippen LogP contribution in [-0.2, 0) is 0 Å². The number of nitrogens with zero attached hydrogens (tertiary/aromatic N) is 2. The van der Waals surface area contributed by atoms with Crippen molar-refractivity contribution in [3.8, 4) is 11.8 Å². The lowest BCUT2D eigenvalue weighted by atomic mass is 10.1. The maximum Gasteiger partial charge on any atom is 0.257 e. The van der Waals surface area contributed by atoms with E-state index in [4.69, 9.17) is 5.26 Å². The number of hydrogen-bond acceptors (Lipinski definition) is 3. The summed E-state index contributed by atoms with van der Waals surface area (Å²) in [6.07, 6.45) is 0.298. The van der Waals surface area contributed by atoms with Crippen LogP contribution in [0.3, 0.4) is 0 Å². The van der Waals surface area contributed by atoms with Crippen molar-refractivity contribution in [3.63, 3.8) is 0 Å². The Bertz CT molecular complexity index is 449. The molecule has 0 bridgehead atoms. The molecule has 4 nitrogen and oxygen atoms in total. The molecule has 0 aromatic heterocycles. The predicted octanol–water partition coefficient (Wildman–Crippen LogP) is 2.40. The average molecular weight is 246 g/mol. The first-order valence-electron chi connectivity index (χ1n) is 6.00. The highest BCUT2D eigenvalue weighted by Gasteiger charge is 2.19. The van der Waals surface area contributed by atoms with Gasteiger partial charge in [-0.15, -0.1) is 0 Å². The van der Waals surface area contributed by atoms with Crippen LogP contribution in [0.4, 0.5) is 0 Å². The van der Waals surface area contributed by atoms with Crippen LogP contribution in [0.15, 0.2) is 24.3 Å². The summed E-state index contributed by atoms with van der Waals surface area (Å²) in [6, 6.07) is 8.51. The van der Waals surface area contributed by atoms with Gasteiger partial charge in [-0.05, 0) is 18.1 Å². The Morgan fingerprint density at radius 3 is 2.67 bits per heavy atom. The van der Waals surface area contributed by atoms with Crippen molar-refractivity contribution in [1.82, 2.24) is 4.90 Å². The van der Waals surface area contributed by atoms with Crippen LogP contribution >= 0.6 is 0 Å². The van der Waals surface area contributed by atoms with E-state index in [-0.39, 0.29) is 17.2 Å². The Morgan fingerprint density at radius 2 is 2.11 bits per heavy atom. The average Bonchev–Trinajstić information content (AvgIpc) is 2.34. The highest BCUT2D eigenvalue weighted by atomic mass is 16.3. The zero-order valence-corrected chi connectivity index (χ0v) is 10.8. The van der Waals surface area contributed by atoms with E-state index in [1.54, 1.807) is 23.1 Å². The van der Waals surface area contributed by atoms with E-state index in [9.17, 15) is 9.90 Å². The highest BCUT2D eigenvalue weighted by Crippen LogP contribution is 2.18. The largest absolute Gasteiger partial charge is 0.507 e. The molecule has 0 saturated carbocycles. The minimum absolute atomic E-state index is 0.0202. The summed E-state index contributed by atoms with van der Waals surface area (Å²) in [4.78, 5) is 13.9. The number of aromatic hydroxyl groups is 1. The van der Waals surface area contributed by atoms with Gasteiger partial charge in [-0.1, -0.05) is 26.0 Å². The molecule has 0 unspecified atom stereocenters. The number of carbonyl (C=O) groups excluding carboxylic acids is 1. The Morgan fingerprint density at radius 1 is 1.44 bits per heavy atom. The highest BCUT2D eigenvalue weighted by molar-refractivity contribution is 5.96. The molecule has 0 aliphatic heterocycles. The molecule has 0 heterocycles. The van der Waals surface area contributed by atoms with Crippen molar-refractivity contribution in [2.75, 3.05) is 13.1 Å². The number of phenolic OH excluding ortho intramolecular Hbond substituents is 1. The van der Waals surface area contributed by atoms with E-state index in [2.05, 4.69) is 0 Å². The van der Waals surface area contributed by atoms with E-state index in [1.165, 1.54) is 6.07 Å². The van der Waals surface area contributed by atoms with Gasteiger partial charge in [0.2, 0.25) is 0 Å². The van der Waals surface area contributed by atoms with Gasteiger partial charge in [0.25, 0.3) is 5.91 Å². The number of amides is 1. The molecular formula is C14H18N2O2. The van der Waals surface area contributed by atoms with E-state index >= 15 is 0 Å². The van der Waals surface area contributed by atoms with Gasteiger partial charge in [0.1, 0.15) is 5.75 Å². The lowest BCUT2D eigenvalue weighted by Crippen LogP contribution is -2.35. The number of hydrogen-bond donors (Lipinski definition) is 1. The maximum atomic E-state index is 12.3. The number of nitriles is 1. The minimum Gasteiger partial charge on any atom is -0.507 e. The fourth-order valence-corrected chi connectivity index (χ4v) is 1.73. The molecule has 96 valence electrons. The first-order chi connectivity index (χ1) is 8.56. The molecule has 0 aliphatic carbocycles. The summed E-state index contributed by atoms with van der Waals surface area (Å²) in [5.41, 5.74) is 0.288. The lowest BCUT2D eigenvalue weighted by Gasteiger charge is -2.24. The van der Waals surface area contributed by atoms with Gasteiger partial charge in [0.15, 0.2) is 0 Å². The van der Waals surface area contributed by atoms with Crippen LogP contribution in [0.2, 0.25) is 0 Å². The van der Waals surface area contributed by atoms with Gasteiger partial charge in [-0.25, -0.2) is 0 Å². The zero-order valence-electron chi connectivity index (χ0n) is 10.8. The molecule has 1 rings (SSSR count). The van der Waals surface area contributed by atoms with E-state index in [0.29, 0.717) is 25.4 Å². The molecule has 4 heteroatoms. The molecule has 0 spiro atoms. The first-order valence-corrected chi connectivity index (χ1v) is 6.00. The Hall–Kier alpha value is -2.02. The summed E-state index contributed by atoms with van der Waals surface area (Å²) >= 11 is 0. The number of rotatable bonds is 5. The molecule has 0 saturated heterocycles. The Labute approximate surface area is 107 Å². The fraction of sp³-hybridized carbons (Fsp3) is 0.429. The molecule has 1 aromatic carbocycles. The molecule has 0 fully saturated rings. The van der Waals surface area contributed by atoms with Crippen LogP contribution in [0.1, 0.15) is 30.6 Å². The van der Waals surface area contributed by atoms with E-state index < -0.39 is 0 Å². The number of carbonyl (C=O) groups is 1. The van der Waals surface area contributed by atoms with Gasteiger partial charge < -0.3 is 10.0 Å². The SMILES string of the molecule is CC(C)CN(CCC#N)C(=O)c1ccccc1O. The summed E-state index contributed by atoms with van der Waals surface area (Å²) in [6.45, 7) is 4.99. The van der Waals surface area contributed by atoms with Crippen LogP contribution in [0, 0.1) is 17.2 Å². The second kappa shape index (κ2) is 6.65. The zero-order chi connectivity index (χ0) is 13.5. The maximum absolute atomic E-state index is 12.3. The van der Waals surface area contributed by atoms with Gasteiger partial charge in [-0.2, -0.15) is 5.26 Å². The molecular weight excluding hydrogens is 228 g/mol. The molecule has 18 heavy (non-hydrogen) atoms. The second-order valence-electron chi connectivity index (χ2n) is 4.57. The summed E-state index contributed by atoms with van der Waals surface area (Å²) in [5.74, 6) is 0.0729. The van der Waals surface area contributed by atoms with Crippen molar-refractivity contribution in [2.45, 2.75) is 20.3 Å². The third-order valence-corrected chi connectivity index (χ3v) is 2.50. The molecule has 0 aliphatic rings. The topological polar surface area (TPSA) is 64.3 Å². The second-order valence-corrected chi connectivity index (χ2v) is 4.57. The van der Waals surface area contributed by atoms with Gasteiger partial charge in [0, 0.05) is 13.1 Å². The van der Waals surface area contributed by atoms with Crippen molar-refractivity contribution in [1.29, 1.82) is 5.26 Å². The molecule has 0 atom stereocenters. The van der Waals surface area contributed by atoms with Crippen LogP contribution in [0.25, 0.3) is 0 Å². The molecule has 1 aromatic rings. The van der Waals surface area contributed by atoms with Gasteiger partial charge >= 0.3 is 0 Å². The molecule has 1 N–H and O–H groups in total. The predicted molar refractivity (Wildman–Crippen MR) is 69.1 cm³/mol. The summed E-state index contributed by atoms with van der Waals surface area (Å²) in [7, 11) is 0. The van der Waals surface area contributed by atoms with Crippen molar-refractivity contribution < 1.29 is 9.90 Å². The molecule has 1 amide bonds. The lowest BCUT2D eigenvalue weighted by molar-refractivity contribution is 0.0737. The third-order valence-electron chi connectivity index (χ3n) is 2.50. The van der Waals surface area contributed by atoms with E-state index in [0.717, 1.165) is 0 Å². The van der Waals surface area contributed by atoms with Crippen molar-refractivity contribution >= 4 is 5.91 Å².